The molecule has 0 spiro atoms. The van der Waals surface area contributed by atoms with Gasteiger partial charge < -0.3 is 9.64 Å². The zero-order chi connectivity index (χ0) is 21.5. The van der Waals surface area contributed by atoms with Crippen LogP contribution in [-0.2, 0) is 9.59 Å². The first-order chi connectivity index (χ1) is 15.2. The molecule has 2 heterocycles. The Labute approximate surface area is 185 Å². The lowest BCUT2D eigenvalue weighted by Crippen LogP contribution is -2.48. The van der Waals surface area contributed by atoms with Crippen molar-refractivity contribution in [2.75, 3.05) is 24.6 Å². The summed E-state index contributed by atoms with van der Waals surface area (Å²) in [5, 5.41) is 2.93. The minimum atomic E-state index is -0.406. The topological polar surface area (TPSA) is 83.6 Å². The maximum atomic E-state index is 12.4. The van der Waals surface area contributed by atoms with Crippen LogP contribution in [0.1, 0.15) is 12.8 Å². The van der Waals surface area contributed by atoms with E-state index in [0.717, 1.165) is 42.2 Å². The summed E-state index contributed by atoms with van der Waals surface area (Å²) in [6.07, 6.45) is 3.24. The Hall–Kier alpha value is -3.39. The Balaban J connectivity index is 1.23. The molecule has 0 aliphatic carbocycles. The number of nitrogens with zero attached hydrogens (tertiary/aromatic N) is 2. The monoisotopic (exact) mass is 436 g/mol. The van der Waals surface area contributed by atoms with Crippen molar-refractivity contribution in [3.63, 3.8) is 0 Å². The fourth-order valence-electron chi connectivity index (χ4n) is 3.57. The van der Waals surface area contributed by atoms with Gasteiger partial charge in [0, 0.05) is 36.1 Å². The van der Waals surface area contributed by atoms with E-state index in [1.807, 2.05) is 60.0 Å². The van der Waals surface area contributed by atoms with Gasteiger partial charge in [0.1, 0.15) is 5.75 Å². The van der Waals surface area contributed by atoms with Gasteiger partial charge in [0.2, 0.25) is 5.91 Å². The number of amides is 2. The highest BCUT2D eigenvalue weighted by Gasteiger charge is 2.26. The van der Waals surface area contributed by atoms with E-state index in [0.29, 0.717) is 5.75 Å². The molecule has 1 saturated heterocycles. The molecule has 1 aliphatic rings. The third kappa shape index (κ3) is 5.40. The predicted molar refractivity (Wildman–Crippen MR) is 121 cm³/mol. The number of nitrogens with one attached hydrogen (secondary N) is 2. The maximum absolute atomic E-state index is 12.4. The molecular formula is C23H24N4O3S. The van der Waals surface area contributed by atoms with E-state index < -0.39 is 5.91 Å². The summed E-state index contributed by atoms with van der Waals surface area (Å²) >= 11 is 1.60. The molecule has 160 valence electrons. The lowest BCUT2D eigenvalue weighted by molar-refractivity contribution is -0.132. The van der Waals surface area contributed by atoms with Crippen molar-refractivity contribution in [2.45, 2.75) is 12.8 Å². The number of carbonyl (C=O) groups excluding carboxylic acids is 2. The van der Waals surface area contributed by atoms with Crippen molar-refractivity contribution >= 4 is 28.3 Å². The smallest absolute Gasteiger partial charge is 0.276 e. The number of hydrazine groups is 1. The van der Waals surface area contributed by atoms with Crippen LogP contribution in [0.25, 0.3) is 11.1 Å². The van der Waals surface area contributed by atoms with Crippen LogP contribution in [0.15, 0.2) is 66.2 Å². The first-order valence-corrected chi connectivity index (χ1v) is 11.1. The summed E-state index contributed by atoms with van der Waals surface area (Å²) in [5.74, 6) is -0.0887. The zero-order valence-corrected chi connectivity index (χ0v) is 17.8. The van der Waals surface area contributed by atoms with E-state index >= 15 is 0 Å². The molecule has 2 aromatic carbocycles. The van der Waals surface area contributed by atoms with E-state index in [9.17, 15) is 9.59 Å². The number of ether oxygens (including phenoxy) is 1. The van der Waals surface area contributed by atoms with Crippen LogP contribution in [0.2, 0.25) is 0 Å². The molecule has 2 amide bonds. The summed E-state index contributed by atoms with van der Waals surface area (Å²) in [7, 11) is 0. The number of piperidine rings is 1. The molecule has 7 nitrogen and oxygen atoms in total. The number of benzene rings is 2. The van der Waals surface area contributed by atoms with E-state index in [1.165, 1.54) is 0 Å². The van der Waals surface area contributed by atoms with Gasteiger partial charge in [-0.15, -0.1) is 11.3 Å². The first kappa shape index (κ1) is 20.9. The molecular weight excluding hydrogens is 412 g/mol. The lowest BCUT2D eigenvalue weighted by atomic mass is 9.96. The number of hydrogen-bond acceptors (Lipinski definition) is 6. The standard InChI is InChI=1S/C23H24N4O3S/c28-21(16-30-20-9-5-4-8-19(20)17-6-2-1-3-7-17)25-26-22(29)18-10-13-27(14-11-18)23-24-12-15-31-23/h1-9,12,15,18H,10-11,13-14,16H2,(H,25,28)(H,26,29). The Bertz CT molecular complexity index is 1000. The van der Waals surface area contributed by atoms with Crippen LogP contribution < -0.4 is 20.5 Å². The fourth-order valence-corrected chi connectivity index (χ4v) is 4.26. The average Bonchev–Trinajstić information content (AvgIpc) is 3.37. The zero-order valence-electron chi connectivity index (χ0n) is 17.0. The molecule has 3 aromatic rings. The van der Waals surface area contributed by atoms with Crippen LogP contribution in [0.3, 0.4) is 0 Å². The van der Waals surface area contributed by atoms with Crippen molar-refractivity contribution in [2.24, 2.45) is 5.92 Å². The summed E-state index contributed by atoms with van der Waals surface area (Å²) in [5.41, 5.74) is 6.91. The minimum Gasteiger partial charge on any atom is -0.483 e. The van der Waals surface area contributed by atoms with Gasteiger partial charge in [-0.1, -0.05) is 48.5 Å². The molecule has 0 unspecified atom stereocenters. The van der Waals surface area contributed by atoms with E-state index in [2.05, 4.69) is 20.7 Å². The summed E-state index contributed by atoms with van der Waals surface area (Å²) < 4.78 is 5.71. The van der Waals surface area contributed by atoms with Gasteiger partial charge in [-0.05, 0) is 24.5 Å². The number of para-hydroxylation sites is 1. The molecule has 1 aromatic heterocycles. The van der Waals surface area contributed by atoms with Crippen LogP contribution in [0.4, 0.5) is 5.13 Å². The predicted octanol–water partition coefficient (Wildman–Crippen LogP) is 3.25. The van der Waals surface area contributed by atoms with E-state index in [1.54, 1.807) is 17.5 Å². The Morgan fingerprint density at radius 1 is 1.03 bits per heavy atom. The van der Waals surface area contributed by atoms with Gasteiger partial charge in [0.05, 0.1) is 0 Å². The lowest BCUT2D eigenvalue weighted by Gasteiger charge is -2.30. The number of anilines is 1. The summed E-state index contributed by atoms with van der Waals surface area (Å²) in [4.78, 5) is 31.1. The van der Waals surface area contributed by atoms with Gasteiger partial charge in [0.15, 0.2) is 11.7 Å². The first-order valence-electron chi connectivity index (χ1n) is 10.2. The largest absolute Gasteiger partial charge is 0.483 e. The number of carbonyl (C=O) groups is 2. The third-order valence-corrected chi connectivity index (χ3v) is 6.04. The summed E-state index contributed by atoms with van der Waals surface area (Å²) in [6, 6.07) is 17.4. The molecule has 8 heteroatoms. The molecule has 0 radical (unpaired) electrons. The molecule has 0 saturated carbocycles. The quantitative estimate of drug-likeness (QED) is 0.580. The summed E-state index contributed by atoms with van der Waals surface area (Å²) in [6.45, 7) is 1.37. The van der Waals surface area contributed by atoms with E-state index in [4.69, 9.17) is 4.74 Å². The van der Waals surface area contributed by atoms with Crippen LogP contribution in [0, 0.1) is 5.92 Å². The SMILES string of the molecule is O=C(COc1ccccc1-c1ccccc1)NNC(=O)C1CCN(c2nccs2)CC1. The van der Waals surface area contributed by atoms with Crippen LogP contribution >= 0.6 is 11.3 Å². The maximum Gasteiger partial charge on any atom is 0.276 e. The van der Waals surface area contributed by atoms with Crippen LogP contribution in [-0.4, -0.2) is 36.5 Å². The molecule has 1 fully saturated rings. The number of thiazole rings is 1. The molecule has 1 aliphatic heterocycles. The molecule has 0 bridgehead atoms. The second-order valence-corrected chi connectivity index (χ2v) is 8.14. The highest BCUT2D eigenvalue weighted by molar-refractivity contribution is 7.13. The Morgan fingerprint density at radius 3 is 2.52 bits per heavy atom. The minimum absolute atomic E-state index is 0.128. The van der Waals surface area contributed by atoms with Gasteiger partial charge in [-0.25, -0.2) is 4.98 Å². The van der Waals surface area contributed by atoms with Crippen molar-refractivity contribution in [3.05, 3.63) is 66.2 Å². The Morgan fingerprint density at radius 2 is 1.77 bits per heavy atom. The van der Waals surface area contributed by atoms with Crippen molar-refractivity contribution in [3.8, 4) is 16.9 Å². The number of aromatic nitrogens is 1. The number of hydrogen-bond donors (Lipinski definition) is 2. The van der Waals surface area contributed by atoms with Crippen LogP contribution in [0.5, 0.6) is 5.75 Å². The molecule has 4 rings (SSSR count). The normalized spacial score (nSPS) is 14.1. The fraction of sp³-hybridized carbons (Fsp3) is 0.261. The second kappa shape index (κ2) is 10.1. The van der Waals surface area contributed by atoms with Crippen molar-refractivity contribution in [1.82, 2.24) is 15.8 Å². The highest BCUT2D eigenvalue weighted by atomic mass is 32.1. The van der Waals surface area contributed by atoms with Gasteiger partial charge in [0.25, 0.3) is 5.91 Å². The number of rotatable bonds is 6. The Kier molecular flexibility index (Phi) is 6.78. The van der Waals surface area contributed by atoms with Gasteiger partial charge >= 0.3 is 0 Å². The van der Waals surface area contributed by atoms with Crippen molar-refractivity contribution < 1.29 is 14.3 Å². The highest BCUT2D eigenvalue weighted by Crippen LogP contribution is 2.29. The molecule has 31 heavy (non-hydrogen) atoms. The second-order valence-electron chi connectivity index (χ2n) is 7.26. The van der Waals surface area contributed by atoms with Gasteiger partial charge in [-0.3, -0.25) is 20.4 Å². The molecule has 2 N–H and O–H groups in total. The third-order valence-electron chi connectivity index (χ3n) is 5.21. The van der Waals surface area contributed by atoms with E-state index in [-0.39, 0.29) is 18.4 Å². The van der Waals surface area contributed by atoms with Gasteiger partial charge in [-0.2, -0.15) is 0 Å². The molecule has 0 atom stereocenters. The average molecular weight is 437 g/mol. The van der Waals surface area contributed by atoms with Crippen molar-refractivity contribution in [1.29, 1.82) is 0 Å².